The van der Waals surface area contributed by atoms with Gasteiger partial charge in [-0.2, -0.15) is 8.78 Å². The Kier molecular flexibility index (Phi) is 12.3. The third kappa shape index (κ3) is 10.2. The summed E-state index contributed by atoms with van der Waals surface area (Å²) in [7, 11) is 0. The van der Waals surface area contributed by atoms with Crippen LogP contribution in [0.5, 0.6) is 0 Å². The average Bonchev–Trinajstić information content (AvgIpc) is 3.37. The van der Waals surface area contributed by atoms with Crippen molar-refractivity contribution in [3.8, 4) is 0 Å². The van der Waals surface area contributed by atoms with E-state index in [0.717, 1.165) is 22.0 Å². The van der Waals surface area contributed by atoms with Crippen LogP contribution < -0.4 is 21.3 Å². The first-order valence-electron chi connectivity index (χ1n) is 13.8. The zero-order valence-corrected chi connectivity index (χ0v) is 23.6. The van der Waals surface area contributed by atoms with Crippen LogP contribution in [0, 0.1) is 0 Å². The number of carbonyl (C=O) groups is 4. The molecule has 0 unspecified atom stereocenters. The van der Waals surface area contributed by atoms with E-state index < -0.39 is 36.4 Å². The van der Waals surface area contributed by atoms with E-state index in [1.807, 2.05) is 44.2 Å². The monoisotopic (exact) mass is 585 g/mol. The molecule has 2 atom stereocenters. The lowest BCUT2D eigenvalue weighted by molar-refractivity contribution is -0.131. The van der Waals surface area contributed by atoms with Gasteiger partial charge in [0.2, 0.25) is 11.8 Å². The van der Waals surface area contributed by atoms with Crippen LogP contribution in [0.25, 0.3) is 10.9 Å². The molecule has 0 fully saturated rings. The molecule has 4 amide bonds. The van der Waals surface area contributed by atoms with Gasteiger partial charge in [0, 0.05) is 36.1 Å². The Balaban J connectivity index is 1.70. The number of para-hydroxylation sites is 1. The number of nitrogens with one attached hydrogen (secondary N) is 5. The predicted octanol–water partition coefficient (Wildman–Crippen LogP) is 3.57. The lowest BCUT2D eigenvalue weighted by Gasteiger charge is -2.24. The number of hydrogen-bond acceptors (Lipinski definition) is 5. The van der Waals surface area contributed by atoms with E-state index >= 15 is 0 Å². The Morgan fingerprint density at radius 3 is 2.24 bits per heavy atom. The molecule has 12 heteroatoms. The quantitative estimate of drug-likeness (QED) is 0.174. The number of rotatable bonds is 15. The fourth-order valence-corrected chi connectivity index (χ4v) is 4.33. The Bertz CT molecular complexity index is 1330. The van der Waals surface area contributed by atoms with Crippen molar-refractivity contribution in [3.63, 3.8) is 0 Å². The first-order chi connectivity index (χ1) is 20.1. The molecular weight excluding hydrogens is 548 g/mol. The summed E-state index contributed by atoms with van der Waals surface area (Å²) in [6.45, 7) is 3.58. The van der Waals surface area contributed by atoms with Crippen molar-refractivity contribution in [1.29, 1.82) is 0 Å². The van der Waals surface area contributed by atoms with Gasteiger partial charge in [0.05, 0.1) is 0 Å². The van der Waals surface area contributed by atoms with Crippen LogP contribution in [0.3, 0.4) is 0 Å². The molecule has 0 aliphatic carbocycles. The summed E-state index contributed by atoms with van der Waals surface area (Å²) in [5, 5.41) is 11.2. The molecule has 0 bridgehead atoms. The number of halogens is 2. The molecule has 0 spiro atoms. The maximum atomic E-state index is 13.5. The van der Waals surface area contributed by atoms with E-state index in [2.05, 4.69) is 26.3 Å². The summed E-state index contributed by atoms with van der Waals surface area (Å²) in [5.74, 6) is -2.36. The van der Waals surface area contributed by atoms with Crippen molar-refractivity contribution in [2.45, 2.75) is 70.7 Å². The number of H-pyrrole nitrogens is 1. The number of carbonyl (C=O) groups excluding carboxylic acids is 4. The van der Waals surface area contributed by atoms with Crippen molar-refractivity contribution < 1.29 is 32.7 Å². The largest absolute Gasteiger partial charge is 0.445 e. The number of unbranched alkanes of at least 4 members (excludes halogenated alkanes) is 1. The Hall–Kier alpha value is -4.48. The SMILES string of the molecule is CC(C)NC(=O)[C@H](Cc1c[nH]c2ccccc12)NC(=O)[C@H](CCCCNC(=O)C(F)F)NC(=O)OCc1ccccc1. The van der Waals surface area contributed by atoms with Gasteiger partial charge in [-0.1, -0.05) is 48.5 Å². The number of ether oxygens (including phenoxy) is 1. The molecule has 10 nitrogen and oxygen atoms in total. The predicted molar refractivity (Wildman–Crippen MR) is 154 cm³/mol. The van der Waals surface area contributed by atoms with Gasteiger partial charge in [-0.3, -0.25) is 14.4 Å². The molecule has 3 rings (SSSR count). The van der Waals surface area contributed by atoms with Crippen LogP contribution in [0.4, 0.5) is 13.6 Å². The van der Waals surface area contributed by atoms with E-state index in [0.29, 0.717) is 6.42 Å². The van der Waals surface area contributed by atoms with Crippen molar-refractivity contribution in [1.82, 2.24) is 26.3 Å². The summed E-state index contributed by atoms with van der Waals surface area (Å²) in [6.07, 6.45) is -1.25. The highest BCUT2D eigenvalue weighted by Gasteiger charge is 2.28. The maximum Gasteiger partial charge on any atom is 0.408 e. The molecule has 1 aromatic heterocycles. The lowest BCUT2D eigenvalue weighted by Crippen LogP contribution is -2.55. The fourth-order valence-electron chi connectivity index (χ4n) is 4.33. The first kappa shape index (κ1) is 32.0. The zero-order valence-electron chi connectivity index (χ0n) is 23.6. The van der Waals surface area contributed by atoms with E-state index in [1.165, 1.54) is 0 Å². The number of aromatic amines is 1. The molecule has 3 aromatic rings. The summed E-state index contributed by atoms with van der Waals surface area (Å²) < 4.78 is 30.2. The maximum absolute atomic E-state index is 13.5. The van der Waals surface area contributed by atoms with E-state index in [-0.39, 0.29) is 44.4 Å². The van der Waals surface area contributed by atoms with Crippen LogP contribution in [-0.4, -0.2) is 59.9 Å². The van der Waals surface area contributed by atoms with Crippen molar-refractivity contribution in [2.24, 2.45) is 0 Å². The Morgan fingerprint density at radius 2 is 1.52 bits per heavy atom. The van der Waals surface area contributed by atoms with Crippen molar-refractivity contribution >= 4 is 34.7 Å². The second-order valence-corrected chi connectivity index (χ2v) is 10.1. The molecule has 0 radical (unpaired) electrons. The molecule has 226 valence electrons. The van der Waals surface area contributed by atoms with Crippen LogP contribution >= 0.6 is 0 Å². The van der Waals surface area contributed by atoms with Crippen LogP contribution in [0.15, 0.2) is 60.8 Å². The van der Waals surface area contributed by atoms with Gasteiger partial charge in [-0.05, 0) is 50.3 Å². The summed E-state index contributed by atoms with van der Waals surface area (Å²) in [6, 6.07) is 14.4. The number of alkyl carbamates (subject to hydrolysis) is 1. The minimum Gasteiger partial charge on any atom is -0.445 e. The highest BCUT2D eigenvalue weighted by Crippen LogP contribution is 2.19. The third-order valence-electron chi connectivity index (χ3n) is 6.40. The van der Waals surface area contributed by atoms with Crippen LogP contribution in [-0.2, 0) is 32.1 Å². The van der Waals surface area contributed by atoms with Crippen LogP contribution in [0.1, 0.15) is 44.2 Å². The molecule has 0 aliphatic heterocycles. The molecule has 0 saturated heterocycles. The van der Waals surface area contributed by atoms with Gasteiger partial charge in [0.25, 0.3) is 5.91 Å². The number of fused-ring (bicyclic) bond motifs is 1. The first-order valence-corrected chi connectivity index (χ1v) is 13.8. The summed E-state index contributed by atoms with van der Waals surface area (Å²) in [5.41, 5.74) is 2.48. The van der Waals surface area contributed by atoms with Gasteiger partial charge in [0.15, 0.2) is 0 Å². The molecule has 2 aromatic carbocycles. The molecule has 0 aliphatic rings. The normalized spacial score (nSPS) is 12.5. The molecule has 42 heavy (non-hydrogen) atoms. The topological polar surface area (TPSA) is 141 Å². The van der Waals surface area contributed by atoms with Gasteiger partial charge in [0.1, 0.15) is 18.7 Å². The smallest absolute Gasteiger partial charge is 0.408 e. The highest BCUT2D eigenvalue weighted by atomic mass is 19.3. The van der Waals surface area contributed by atoms with Gasteiger partial charge in [-0.25, -0.2) is 4.79 Å². The second-order valence-electron chi connectivity index (χ2n) is 10.1. The van der Waals surface area contributed by atoms with E-state index in [9.17, 15) is 28.0 Å². The average molecular weight is 586 g/mol. The second kappa shape index (κ2) is 16.1. The van der Waals surface area contributed by atoms with Gasteiger partial charge < -0.3 is 31.0 Å². The zero-order chi connectivity index (χ0) is 30.5. The standard InChI is InChI=1S/C30H37F2N5O5/c1-19(2)35-28(39)25(16-21-17-34-23-13-7-6-12-22(21)23)36-27(38)24(14-8-9-15-33-29(40)26(31)32)37-30(41)42-18-20-10-4-3-5-11-20/h3-7,10-13,17,19,24-26,34H,8-9,14-16,18H2,1-2H3,(H,33,40)(H,35,39)(H,36,38)(H,37,41)/t24-,25-/m0/s1. The van der Waals surface area contributed by atoms with Gasteiger partial charge in [-0.15, -0.1) is 0 Å². The van der Waals surface area contributed by atoms with E-state index in [4.69, 9.17) is 4.74 Å². The number of aromatic nitrogens is 1. The van der Waals surface area contributed by atoms with Crippen molar-refractivity contribution in [3.05, 3.63) is 71.9 Å². The molecular formula is C30H37F2N5O5. The fraction of sp³-hybridized carbons (Fsp3) is 0.400. The third-order valence-corrected chi connectivity index (χ3v) is 6.40. The summed E-state index contributed by atoms with van der Waals surface area (Å²) in [4.78, 5) is 53.5. The number of benzene rings is 2. The molecule has 0 saturated carbocycles. The minimum atomic E-state index is -3.12. The lowest BCUT2D eigenvalue weighted by atomic mass is 10.0. The Labute approximate surface area is 243 Å². The van der Waals surface area contributed by atoms with Gasteiger partial charge >= 0.3 is 12.5 Å². The number of amides is 4. The summed E-state index contributed by atoms with van der Waals surface area (Å²) >= 11 is 0. The number of hydrogen-bond donors (Lipinski definition) is 5. The van der Waals surface area contributed by atoms with Crippen molar-refractivity contribution in [2.75, 3.05) is 6.54 Å². The molecule has 1 heterocycles. The van der Waals surface area contributed by atoms with E-state index in [1.54, 1.807) is 30.5 Å². The highest BCUT2D eigenvalue weighted by molar-refractivity contribution is 5.92. The minimum absolute atomic E-state index is 0.0132. The molecule has 5 N–H and O–H groups in total. The Morgan fingerprint density at radius 1 is 0.833 bits per heavy atom. The van der Waals surface area contributed by atoms with Crippen LogP contribution in [0.2, 0.25) is 0 Å². The number of alkyl halides is 2.